The molecule has 4 rings (SSSR count). The van der Waals surface area contributed by atoms with E-state index in [-0.39, 0.29) is 29.5 Å². The molecule has 4 aromatic rings. The summed E-state index contributed by atoms with van der Waals surface area (Å²) in [6.07, 6.45) is 0.242. The zero-order chi connectivity index (χ0) is 32.8. The van der Waals surface area contributed by atoms with Crippen LogP contribution in [0.15, 0.2) is 108 Å². The topological polar surface area (TPSA) is 86.8 Å². The van der Waals surface area contributed by atoms with Crippen molar-refractivity contribution < 1.29 is 18.0 Å². The van der Waals surface area contributed by atoms with Crippen molar-refractivity contribution in [1.29, 1.82) is 0 Å². The Morgan fingerprint density at radius 2 is 1.42 bits per heavy atom. The molecule has 0 radical (unpaired) electrons. The van der Waals surface area contributed by atoms with Gasteiger partial charge in [0.2, 0.25) is 11.8 Å². The van der Waals surface area contributed by atoms with Crippen LogP contribution in [0.1, 0.15) is 43.0 Å². The van der Waals surface area contributed by atoms with Crippen LogP contribution in [0, 0.1) is 13.8 Å². The lowest BCUT2D eigenvalue weighted by molar-refractivity contribution is -0.140. The number of sulfonamides is 1. The second-order valence-electron chi connectivity index (χ2n) is 12.3. The molecule has 0 aliphatic heterocycles. The maximum absolute atomic E-state index is 14.5. The predicted molar refractivity (Wildman–Crippen MR) is 181 cm³/mol. The number of hydrogen-bond donors (Lipinski definition) is 1. The summed E-state index contributed by atoms with van der Waals surface area (Å²) < 4.78 is 29.3. The van der Waals surface area contributed by atoms with E-state index in [2.05, 4.69) is 5.32 Å². The van der Waals surface area contributed by atoms with Crippen LogP contribution in [0.25, 0.3) is 0 Å². The molecule has 0 bridgehead atoms. The molecule has 0 aliphatic rings. The summed E-state index contributed by atoms with van der Waals surface area (Å²) in [4.78, 5) is 30.0. The first kappa shape index (κ1) is 33.7. The predicted octanol–water partition coefficient (Wildman–Crippen LogP) is 6.71. The number of nitrogens with zero attached hydrogens (tertiary/aromatic N) is 2. The van der Waals surface area contributed by atoms with Gasteiger partial charge in [-0.05, 0) is 82.1 Å². The fourth-order valence-electron chi connectivity index (χ4n) is 4.99. The molecule has 1 N–H and O–H groups in total. The van der Waals surface area contributed by atoms with E-state index in [1.54, 1.807) is 36.4 Å². The first-order chi connectivity index (χ1) is 21.2. The molecule has 4 aromatic carbocycles. The SMILES string of the molecule is Cc1ccc(S(=O)(=O)N(CC(=O)N(Cc2cccc(C)c2)C(Cc2ccccc2)C(=O)NC(C)(C)C)c2ccc(Cl)cc2)cc1. The average Bonchev–Trinajstić information content (AvgIpc) is 2.98. The summed E-state index contributed by atoms with van der Waals surface area (Å²) in [6.45, 7) is 9.05. The zero-order valence-electron chi connectivity index (χ0n) is 26.3. The van der Waals surface area contributed by atoms with Gasteiger partial charge in [0.25, 0.3) is 10.0 Å². The number of nitrogens with one attached hydrogen (secondary N) is 1. The second kappa shape index (κ2) is 14.3. The van der Waals surface area contributed by atoms with E-state index in [0.29, 0.717) is 5.02 Å². The molecule has 0 fully saturated rings. The first-order valence-corrected chi connectivity index (χ1v) is 16.6. The number of benzene rings is 4. The Labute approximate surface area is 271 Å². The number of amides is 2. The van der Waals surface area contributed by atoms with Gasteiger partial charge in [0.15, 0.2) is 0 Å². The largest absolute Gasteiger partial charge is 0.350 e. The highest BCUT2D eigenvalue weighted by Gasteiger charge is 2.35. The third kappa shape index (κ3) is 9.19. The molecule has 0 saturated carbocycles. The zero-order valence-corrected chi connectivity index (χ0v) is 27.9. The fraction of sp³-hybridized carbons (Fsp3) is 0.278. The van der Waals surface area contributed by atoms with Crippen molar-refractivity contribution in [1.82, 2.24) is 10.2 Å². The number of carbonyl (C=O) groups excluding carboxylic acids is 2. The summed E-state index contributed by atoms with van der Waals surface area (Å²) in [5.41, 5.74) is 3.32. The third-order valence-corrected chi connectivity index (χ3v) is 9.25. The van der Waals surface area contributed by atoms with Crippen molar-refractivity contribution in [3.05, 3.63) is 130 Å². The molecule has 0 spiro atoms. The monoisotopic (exact) mass is 645 g/mol. The molecular formula is C36H40ClN3O4S. The molecule has 0 aromatic heterocycles. The molecular weight excluding hydrogens is 606 g/mol. The minimum absolute atomic E-state index is 0.0485. The van der Waals surface area contributed by atoms with Gasteiger partial charge in [0.1, 0.15) is 12.6 Å². The molecule has 45 heavy (non-hydrogen) atoms. The Kier molecular flexibility index (Phi) is 10.7. The Morgan fingerprint density at radius 3 is 2.02 bits per heavy atom. The molecule has 1 unspecified atom stereocenters. The van der Waals surface area contributed by atoms with E-state index >= 15 is 0 Å². The number of halogens is 1. The van der Waals surface area contributed by atoms with Gasteiger partial charge < -0.3 is 10.2 Å². The number of carbonyl (C=O) groups is 2. The first-order valence-electron chi connectivity index (χ1n) is 14.8. The number of hydrogen-bond acceptors (Lipinski definition) is 4. The highest BCUT2D eigenvalue weighted by atomic mass is 35.5. The van der Waals surface area contributed by atoms with E-state index in [1.165, 1.54) is 17.0 Å². The Balaban J connectivity index is 1.81. The van der Waals surface area contributed by atoms with Crippen LogP contribution < -0.4 is 9.62 Å². The van der Waals surface area contributed by atoms with Crippen LogP contribution in [0.5, 0.6) is 0 Å². The molecule has 7 nitrogen and oxygen atoms in total. The van der Waals surface area contributed by atoms with Crippen LogP contribution in [0.2, 0.25) is 5.02 Å². The third-order valence-electron chi connectivity index (χ3n) is 7.21. The van der Waals surface area contributed by atoms with E-state index in [4.69, 9.17) is 11.6 Å². The van der Waals surface area contributed by atoms with Crippen LogP contribution >= 0.6 is 11.6 Å². The maximum Gasteiger partial charge on any atom is 0.264 e. The van der Waals surface area contributed by atoms with Gasteiger partial charge in [-0.15, -0.1) is 0 Å². The van der Waals surface area contributed by atoms with Gasteiger partial charge in [-0.25, -0.2) is 8.42 Å². The highest BCUT2D eigenvalue weighted by Crippen LogP contribution is 2.27. The maximum atomic E-state index is 14.5. The summed E-state index contributed by atoms with van der Waals surface area (Å²) in [7, 11) is -4.18. The second-order valence-corrected chi connectivity index (χ2v) is 14.6. The van der Waals surface area contributed by atoms with E-state index < -0.39 is 34.1 Å². The minimum atomic E-state index is -4.18. The lowest BCUT2D eigenvalue weighted by Crippen LogP contribution is -2.56. The van der Waals surface area contributed by atoms with E-state index in [0.717, 1.165) is 26.6 Å². The van der Waals surface area contributed by atoms with Gasteiger partial charge >= 0.3 is 0 Å². The van der Waals surface area contributed by atoms with Crippen molar-refractivity contribution >= 4 is 39.1 Å². The van der Waals surface area contributed by atoms with Gasteiger partial charge in [-0.1, -0.05) is 89.5 Å². The van der Waals surface area contributed by atoms with Crippen LogP contribution in [0.4, 0.5) is 5.69 Å². The van der Waals surface area contributed by atoms with Crippen LogP contribution in [0.3, 0.4) is 0 Å². The van der Waals surface area contributed by atoms with Crippen molar-refractivity contribution in [2.24, 2.45) is 0 Å². The standard InChI is InChI=1S/C36H40ClN3O4S/c1-26-14-20-32(21-15-26)45(43,44)40(31-18-16-30(37)17-19-31)25-34(41)39(24-29-13-9-10-27(2)22-29)33(35(42)38-36(3,4)5)23-28-11-7-6-8-12-28/h6-22,33H,23-25H2,1-5H3,(H,38,42). The Morgan fingerprint density at radius 1 is 0.800 bits per heavy atom. The summed E-state index contributed by atoms with van der Waals surface area (Å²) in [5.74, 6) is -0.848. The highest BCUT2D eigenvalue weighted by molar-refractivity contribution is 7.92. The van der Waals surface area contributed by atoms with Gasteiger partial charge in [0, 0.05) is 23.5 Å². The molecule has 1 atom stereocenters. The number of rotatable bonds is 11. The lowest BCUT2D eigenvalue weighted by Gasteiger charge is -2.35. The Bertz CT molecular complexity index is 1720. The normalized spacial score (nSPS) is 12.3. The van der Waals surface area contributed by atoms with Crippen molar-refractivity contribution in [2.45, 2.75) is 64.1 Å². The van der Waals surface area contributed by atoms with Gasteiger partial charge in [0.05, 0.1) is 10.6 Å². The number of anilines is 1. The van der Waals surface area contributed by atoms with E-state index in [9.17, 15) is 18.0 Å². The summed E-state index contributed by atoms with van der Waals surface area (Å²) in [5, 5.41) is 3.48. The van der Waals surface area contributed by atoms with Gasteiger partial charge in [-0.3, -0.25) is 13.9 Å². The van der Waals surface area contributed by atoms with Gasteiger partial charge in [-0.2, -0.15) is 0 Å². The van der Waals surface area contributed by atoms with Crippen molar-refractivity contribution in [2.75, 3.05) is 10.8 Å². The van der Waals surface area contributed by atoms with Crippen molar-refractivity contribution in [3.63, 3.8) is 0 Å². The molecule has 0 heterocycles. The van der Waals surface area contributed by atoms with Crippen molar-refractivity contribution in [3.8, 4) is 0 Å². The average molecular weight is 646 g/mol. The summed E-state index contributed by atoms with van der Waals surface area (Å²) in [6, 6.07) is 29.1. The molecule has 236 valence electrons. The Hall–Kier alpha value is -4.14. The fourth-order valence-corrected chi connectivity index (χ4v) is 6.53. The van der Waals surface area contributed by atoms with E-state index in [1.807, 2.05) is 89.2 Å². The minimum Gasteiger partial charge on any atom is -0.350 e. The number of aryl methyl sites for hydroxylation is 2. The van der Waals surface area contributed by atoms with Crippen LogP contribution in [-0.2, 0) is 32.6 Å². The van der Waals surface area contributed by atoms with Crippen LogP contribution in [-0.4, -0.2) is 43.3 Å². The molecule has 2 amide bonds. The molecule has 0 aliphatic carbocycles. The summed E-state index contributed by atoms with van der Waals surface area (Å²) >= 11 is 6.14. The lowest BCUT2D eigenvalue weighted by atomic mass is 10.0. The smallest absolute Gasteiger partial charge is 0.264 e. The quantitative estimate of drug-likeness (QED) is 0.197. The molecule has 0 saturated heterocycles. The molecule has 9 heteroatoms.